The Morgan fingerprint density at radius 2 is 1.81 bits per heavy atom. The van der Waals surface area contributed by atoms with Gasteiger partial charge in [0.25, 0.3) is 5.91 Å². The number of anilines is 1. The summed E-state index contributed by atoms with van der Waals surface area (Å²) in [7, 11) is 1.67. The topological polar surface area (TPSA) is 75.6 Å². The Balaban J connectivity index is 1.49. The first-order chi connectivity index (χ1) is 12.6. The number of hydrogen-bond donors (Lipinski definition) is 0. The van der Waals surface area contributed by atoms with E-state index in [2.05, 4.69) is 15.1 Å². The van der Waals surface area contributed by atoms with Crippen LogP contribution in [0.2, 0.25) is 0 Å². The van der Waals surface area contributed by atoms with Gasteiger partial charge in [-0.05, 0) is 30.5 Å². The summed E-state index contributed by atoms with van der Waals surface area (Å²) in [5.41, 5.74) is 1.12. The Morgan fingerprint density at radius 1 is 1.08 bits per heavy atom. The first-order valence-electron chi connectivity index (χ1n) is 8.67. The number of carbonyl (C=O) groups excluding carboxylic acids is 2. The maximum Gasteiger partial charge on any atom is 0.359 e. The van der Waals surface area contributed by atoms with E-state index in [0.717, 1.165) is 37.3 Å². The van der Waals surface area contributed by atoms with Crippen LogP contribution in [-0.4, -0.2) is 53.7 Å². The minimum absolute atomic E-state index is 0.103. The lowest BCUT2D eigenvalue weighted by Crippen LogP contribution is -2.31. The van der Waals surface area contributed by atoms with Gasteiger partial charge in [-0.15, -0.1) is 10.2 Å². The zero-order valence-corrected chi connectivity index (χ0v) is 14.8. The van der Waals surface area contributed by atoms with Crippen LogP contribution in [0.5, 0.6) is 0 Å². The van der Waals surface area contributed by atoms with E-state index in [1.807, 2.05) is 30.3 Å². The van der Waals surface area contributed by atoms with Gasteiger partial charge in [0.05, 0.1) is 0 Å². The second kappa shape index (κ2) is 8.42. The van der Waals surface area contributed by atoms with E-state index >= 15 is 0 Å². The summed E-state index contributed by atoms with van der Waals surface area (Å²) in [6.45, 7) is 2.06. The molecule has 0 bridgehead atoms. The molecule has 2 heterocycles. The lowest BCUT2D eigenvalue weighted by Gasteiger charge is -2.17. The van der Waals surface area contributed by atoms with Gasteiger partial charge in [0.15, 0.2) is 18.1 Å². The maximum atomic E-state index is 12.1. The highest BCUT2D eigenvalue weighted by molar-refractivity contribution is 5.89. The van der Waals surface area contributed by atoms with Crippen molar-refractivity contribution in [3.8, 4) is 0 Å². The quantitative estimate of drug-likeness (QED) is 0.738. The Hall–Kier alpha value is -2.96. The highest BCUT2D eigenvalue weighted by Gasteiger charge is 2.17. The normalized spacial score (nSPS) is 13.5. The summed E-state index contributed by atoms with van der Waals surface area (Å²) in [5, 5.41) is 8.00. The van der Waals surface area contributed by atoms with Crippen molar-refractivity contribution in [2.45, 2.75) is 19.4 Å². The predicted molar refractivity (Wildman–Crippen MR) is 96.7 cm³/mol. The number of likely N-dealkylation sites (N-methyl/N-ethyl adjacent to an activating group) is 1. The van der Waals surface area contributed by atoms with Crippen LogP contribution in [0.1, 0.15) is 28.9 Å². The van der Waals surface area contributed by atoms with Crippen molar-refractivity contribution in [2.75, 3.05) is 31.6 Å². The van der Waals surface area contributed by atoms with Crippen LogP contribution in [0.25, 0.3) is 0 Å². The summed E-state index contributed by atoms with van der Waals surface area (Å²) in [6.07, 6.45) is 2.29. The van der Waals surface area contributed by atoms with E-state index in [1.165, 1.54) is 4.90 Å². The molecule has 0 unspecified atom stereocenters. The molecule has 1 saturated heterocycles. The highest BCUT2D eigenvalue weighted by atomic mass is 16.5. The molecule has 1 amide bonds. The van der Waals surface area contributed by atoms with Crippen molar-refractivity contribution in [3.63, 3.8) is 0 Å². The van der Waals surface area contributed by atoms with Gasteiger partial charge in [-0.25, -0.2) is 4.79 Å². The van der Waals surface area contributed by atoms with Gasteiger partial charge >= 0.3 is 5.97 Å². The second-order valence-electron chi connectivity index (χ2n) is 6.28. The molecule has 1 fully saturated rings. The Labute approximate surface area is 152 Å². The molecule has 0 N–H and O–H groups in total. The second-order valence-corrected chi connectivity index (χ2v) is 6.28. The molecule has 3 rings (SSSR count). The van der Waals surface area contributed by atoms with Crippen LogP contribution in [0.15, 0.2) is 42.5 Å². The third kappa shape index (κ3) is 4.56. The Kier molecular flexibility index (Phi) is 5.78. The fourth-order valence-corrected chi connectivity index (χ4v) is 2.81. The first kappa shape index (κ1) is 17.8. The molecule has 0 radical (unpaired) electrons. The standard InChI is InChI=1S/C19H22N4O3/c1-22(13-15-7-3-2-4-8-15)18(24)14-26-19(25)16-9-10-17(21-20-16)23-11-5-6-12-23/h2-4,7-10H,5-6,11-14H2,1H3. The van der Waals surface area contributed by atoms with E-state index in [-0.39, 0.29) is 18.2 Å². The molecular formula is C19H22N4O3. The van der Waals surface area contributed by atoms with Gasteiger partial charge in [-0.1, -0.05) is 30.3 Å². The van der Waals surface area contributed by atoms with Crippen molar-refractivity contribution in [3.05, 3.63) is 53.7 Å². The van der Waals surface area contributed by atoms with E-state index in [0.29, 0.717) is 6.54 Å². The molecule has 1 aliphatic rings. The molecule has 1 aliphatic heterocycles. The van der Waals surface area contributed by atoms with Gasteiger partial charge in [0.1, 0.15) is 0 Å². The predicted octanol–water partition coefficient (Wildman–Crippen LogP) is 1.89. The molecule has 1 aromatic carbocycles. The van der Waals surface area contributed by atoms with Crippen LogP contribution >= 0.6 is 0 Å². The lowest BCUT2D eigenvalue weighted by molar-refractivity contribution is -0.133. The average Bonchev–Trinajstić information content (AvgIpc) is 3.21. The molecule has 136 valence electrons. The van der Waals surface area contributed by atoms with E-state index in [1.54, 1.807) is 19.2 Å². The van der Waals surface area contributed by atoms with Gasteiger partial charge in [0, 0.05) is 26.7 Å². The van der Waals surface area contributed by atoms with Crippen molar-refractivity contribution in [1.29, 1.82) is 0 Å². The smallest absolute Gasteiger partial charge is 0.359 e. The number of ether oxygens (including phenoxy) is 1. The van der Waals surface area contributed by atoms with Crippen molar-refractivity contribution in [1.82, 2.24) is 15.1 Å². The van der Waals surface area contributed by atoms with E-state index in [9.17, 15) is 9.59 Å². The summed E-state index contributed by atoms with van der Waals surface area (Å²) in [6, 6.07) is 13.0. The van der Waals surface area contributed by atoms with Gasteiger partial charge < -0.3 is 14.5 Å². The minimum atomic E-state index is -0.646. The number of rotatable bonds is 6. The number of amides is 1. The molecule has 0 spiro atoms. The Bertz CT molecular complexity index is 743. The molecule has 2 aromatic rings. The maximum absolute atomic E-state index is 12.1. The number of hydrogen-bond acceptors (Lipinski definition) is 6. The summed E-state index contributed by atoms with van der Waals surface area (Å²) in [5.74, 6) is -0.159. The number of aromatic nitrogens is 2. The van der Waals surface area contributed by atoms with Gasteiger partial charge in [-0.3, -0.25) is 4.79 Å². The molecule has 0 aliphatic carbocycles. The summed E-state index contributed by atoms with van der Waals surface area (Å²) in [4.78, 5) is 27.8. The lowest BCUT2D eigenvalue weighted by atomic mass is 10.2. The number of carbonyl (C=O) groups is 2. The van der Waals surface area contributed by atoms with Gasteiger partial charge in [0.2, 0.25) is 0 Å². The number of esters is 1. The molecule has 7 nitrogen and oxygen atoms in total. The monoisotopic (exact) mass is 354 g/mol. The van der Waals surface area contributed by atoms with Crippen LogP contribution in [0, 0.1) is 0 Å². The fourth-order valence-electron chi connectivity index (χ4n) is 2.81. The number of benzene rings is 1. The molecule has 26 heavy (non-hydrogen) atoms. The first-order valence-corrected chi connectivity index (χ1v) is 8.67. The van der Waals surface area contributed by atoms with Crippen LogP contribution in [-0.2, 0) is 16.1 Å². The zero-order valence-electron chi connectivity index (χ0n) is 14.8. The van der Waals surface area contributed by atoms with Crippen LogP contribution < -0.4 is 4.90 Å². The summed E-state index contributed by atoms with van der Waals surface area (Å²) < 4.78 is 5.07. The van der Waals surface area contributed by atoms with Gasteiger partial charge in [-0.2, -0.15) is 0 Å². The highest BCUT2D eigenvalue weighted by Crippen LogP contribution is 2.16. The number of nitrogens with zero attached hydrogens (tertiary/aromatic N) is 4. The molecule has 0 atom stereocenters. The van der Waals surface area contributed by atoms with E-state index < -0.39 is 5.97 Å². The van der Waals surface area contributed by atoms with Crippen molar-refractivity contribution >= 4 is 17.7 Å². The SMILES string of the molecule is CN(Cc1ccccc1)C(=O)COC(=O)c1ccc(N2CCCC2)nn1. The average molecular weight is 354 g/mol. The largest absolute Gasteiger partial charge is 0.451 e. The minimum Gasteiger partial charge on any atom is -0.451 e. The summed E-state index contributed by atoms with van der Waals surface area (Å²) >= 11 is 0. The molecule has 0 saturated carbocycles. The van der Waals surface area contributed by atoms with Crippen LogP contribution in [0.3, 0.4) is 0 Å². The van der Waals surface area contributed by atoms with Crippen molar-refractivity contribution in [2.24, 2.45) is 0 Å². The van der Waals surface area contributed by atoms with E-state index in [4.69, 9.17) is 4.74 Å². The Morgan fingerprint density at radius 3 is 2.46 bits per heavy atom. The van der Waals surface area contributed by atoms with Crippen molar-refractivity contribution < 1.29 is 14.3 Å². The molecule has 7 heteroatoms. The molecular weight excluding hydrogens is 332 g/mol. The third-order valence-corrected chi connectivity index (χ3v) is 4.30. The zero-order chi connectivity index (χ0) is 18.4. The fraction of sp³-hybridized carbons (Fsp3) is 0.368. The van der Waals surface area contributed by atoms with Crippen LogP contribution in [0.4, 0.5) is 5.82 Å². The third-order valence-electron chi connectivity index (χ3n) is 4.30. The molecule has 1 aromatic heterocycles.